The summed E-state index contributed by atoms with van der Waals surface area (Å²) in [6.07, 6.45) is 3.74. The van der Waals surface area contributed by atoms with Crippen LogP contribution < -0.4 is 5.32 Å². The van der Waals surface area contributed by atoms with Crippen molar-refractivity contribution in [3.8, 4) is 5.69 Å². The summed E-state index contributed by atoms with van der Waals surface area (Å²) in [5.41, 5.74) is 1.67. The van der Waals surface area contributed by atoms with Gasteiger partial charge in [0.2, 0.25) is 5.91 Å². The molecule has 0 saturated carbocycles. The molecule has 1 aliphatic rings. The monoisotopic (exact) mass is 425 g/mol. The third-order valence-corrected chi connectivity index (χ3v) is 7.98. The highest BCUT2D eigenvalue weighted by atomic mass is 32.2. The summed E-state index contributed by atoms with van der Waals surface area (Å²) < 4.78 is 32.5. The number of nitrogens with zero attached hydrogens (tertiary/aromatic N) is 2. The quantitative estimate of drug-likeness (QED) is 0.655. The van der Waals surface area contributed by atoms with Crippen molar-refractivity contribution in [2.24, 2.45) is 0 Å². The summed E-state index contributed by atoms with van der Waals surface area (Å²) in [4.78, 5) is 13.5. The molecule has 4 rings (SSSR count). The average molecular weight is 426 g/mol. The van der Waals surface area contributed by atoms with Gasteiger partial charge in [0, 0.05) is 32.2 Å². The van der Waals surface area contributed by atoms with Crippen LogP contribution >= 0.6 is 0 Å². The van der Waals surface area contributed by atoms with Crippen LogP contribution in [-0.2, 0) is 25.9 Å². The summed E-state index contributed by atoms with van der Waals surface area (Å²) in [6.45, 7) is 0.647. The van der Waals surface area contributed by atoms with Gasteiger partial charge in [-0.1, -0.05) is 36.4 Å². The van der Waals surface area contributed by atoms with E-state index in [9.17, 15) is 13.2 Å². The maximum atomic E-state index is 13.5. The van der Waals surface area contributed by atoms with Crippen molar-refractivity contribution in [2.75, 3.05) is 13.2 Å². The lowest BCUT2D eigenvalue weighted by Crippen LogP contribution is -2.55. The normalized spacial score (nSPS) is 16.1. The Morgan fingerprint density at radius 2 is 1.73 bits per heavy atom. The number of amides is 1. The molecule has 0 radical (unpaired) electrons. The molecule has 1 amide bonds. The van der Waals surface area contributed by atoms with Crippen LogP contribution in [0.1, 0.15) is 18.4 Å². The molecule has 1 saturated heterocycles. The average Bonchev–Trinajstić information content (AvgIpc) is 3.33. The van der Waals surface area contributed by atoms with Crippen LogP contribution in [0.5, 0.6) is 0 Å². The Hall–Kier alpha value is -2.97. The standard InChI is InChI=1S/C22H23N3O4S/c26-21(23-17-18-7-4-5-10-20(18)25-14-6-13-24-25)22(11-15-29-16-12-22)30(27,28)19-8-2-1-3-9-19/h1-10,13-14H,11-12,15-17H2,(H,23,26). The lowest BCUT2D eigenvalue weighted by Gasteiger charge is -2.35. The minimum Gasteiger partial charge on any atom is -0.381 e. The molecule has 1 N–H and O–H groups in total. The zero-order valence-electron chi connectivity index (χ0n) is 16.4. The van der Waals surface area contributed by atoms with E-state index in [1.165, 1.54) is 12.1 Å². The van der Waals surface area contributed by atoms with Gasteiger partial charge in [0.1, 0.15) is 0 Å². The minimum absolute atomic E-state index is 0.122. The van der Waals surface area contributed by atoms with E-state index in [2.05, 4.69) is 10.4 Å². The number of hydrogen-bond donors (Lipinski definition) is 1. The van der Waals surface area contributed by atoms with Crippen LogP contribution in [-0.4, -0.2) is 42.1 Å². The molecule has 8 heteroatoms. The zero-order valence-corrected chi connectivity index (χ0v) is 17.2. The maximum absolute atomic E-state index is 13.5. The van der Waals surface area contributed by atoms with E-state index in [0.717, 1.165) is 11.3 Å². The molecule has 0 bridgehead atoms. The number of hydrogen-bond acceptors (Lipinski definition) is 5. The fraction of sp³-hybridized carbons (Fsp3) is 0.273. The summed E-state index contributed by atoms with van der Waals surface area (Å²) in [6, 6.07) is 17.5. The first-order valence-corrected chi connectivity index (χ1v) is 11.3. The van der Waals surface area contributed by atoms with Gasteiger partial charge in [0.05, 0.1) is 10.6 Å². The topological polar surface area (TPSA) is 90.3 Å². The Kier molecular flexibility index (Phi) is 5.69. The molecule has 2 aromatic carbocycles. The summed E-state index contributed by atoms with van der Waals surface area (Å²) in [7, 11) is -3.89. The van der Waals surface area contributed by atoms with Crippen LogP contribution in [0.4, 0.5) is 0 Å². The highest BCUT2D eigenvalue weighted by Gasteiger charge is 2.52. The summed E-state index contributed by atoms with van der Waals surface area (Å²) in [5.74, 6) is -0.495. The SMILES string of the molecule is O=C(NCc1ccccc1-n1cccn1)C1(S(=O)(=O)c2ccccc2)CCOCC1. The molecule has 1 aromatic heterocycles. The van der Waals surface area contributed by atoms with Crippen molar-refractivity contribution in [2.45, 2.75) is 29.0 Å². The van der Waals surface area contributed by atoms with Crippen molar-refractivity contribution in [1.82, 2.24) is 15.1 Å². The first-order valence-electron chi connectivity index (χ1n) is 9.78. The smallest absolute Gasteiger partial charge is 0.242 e. The fourth-order valence-electron chi connectivity index (χ4n) is 3.78. The number of para-hydroxylation sites is 1. The Morgan fingerprint density at radius 1 is 1.03 bits per heavy atom. The Labute approximate surface area is 175 Å². The number of rotatable bonds is 6. The molecular formula is C22H23N3O4S. The number of carbonyl (C=O) groups excluding carboxylic acids is 1. The van der Waals surface area contributed by atoms with E-state index in [0.29, 0.717) is 0 Å². The van der Waals surface area contributed by atoms with E-state index in [1.54, 1.807) is 29.1 Å². The summed E-state index contributed by atoms with van der Waals surface area (Å²) in [5, 5.41) is 7.12. The van der Waals surface area contributed by atoms with E-state index >= 15 is 0 Å². The highest BCUT2D eigenvalue weighted by Crippen LogP contribution is 2.35. The van der Waals surface area contributed by atoms with Crippen LogP contribution in [0.15, 0.2) is 78.0 Å². The maximum Gasteiger partial charge on any atom is 0.242 e. The Balaban J connectivity index is 1.62. The third-order valence-electron chi connectivity index (χ3n) is 5.46. The van der Waals surface area contributed by atoms with Gasteiger partial charge in [-0.05, 0) is 42.7 Å². The fourth-order valence-corrected chi connectivity index (χ4v) is 5.76. The van der Waals surface area contributed by atoms with Gasteiger partial charge in [0.15, 0.2) is 14.6 Å². The van der Waals surface area contributed by atoms with Gasteiger partial charge in [-0.2, -0.15) is 5.10 Å². The lowest BCUT2D eigenvalue weighted by molar-refractivity contribution is -0.126. The molecule has 0 spiro atoms. The minimum atomic E-state index is -3.89. The molecule has 0 aliphatic carbocycles. The number of ether oxygens (including phenoxy) is 1. The van der Waals surface area contributed by atoms with Crippen molar-refractivity contribution in [3.63, 3.8) is 0 Å². The number of aromatic nitrogens is 2. The largest absolute Gasteiger partial charge is 0.381 e. The highest BCUT2D eigenvalue weighted by molar-refractivity contribution is 7.93. The van der Waals surface area contributed by atoms with Crippen molar-refractivity contribution in [1.29, 1.82) is 0 Å². The molecule has 0 unspecified atom stereocenters. The van der Waals surface area contributed by atoms with Gasteiger partial charge in [-0.3, -0.25) is 4.79 Å². The van der Waals surface area contributed by atoms with Gasteiger partial charge < -0.3 is 10.1 Å². The first kappa shape index (κ1) is 20.3. The number of sulfone groups is 1. The second kappa shape index (κ2) is 8.41. The molecule has 1 aliphatic heterocycles. The van der Waals surface area contributed by atoms with E-state index in [4.69, 9.17) is 4.74 Å². The van der Waals surface area contributed by atoms with Gasteiger partial charge >= 0.3 is 0 Å². The Bertz CT molecular complexity index is 1110. The van der Waals surface area contributed by atoms with Gasteiger partial charge in [-0.25, -0.2) is 13.1 Å². The van der Waals surface area contributed by atoms with E-state index in [1.807, 2.05) is 36.5 Å². The van der Waals surface area contributed by atoms with Gasteiger partial charge in [0.25, 0.3) is 0 Å². The predicted molar refractivity (Wildman–Crippen MR) is 112 cm³/mol. The Morgan fingerprint density at radius 3 is 2.43 bits per heavy atom. The van der Waals surface area contributed by atoms with Crippen LogP contribution in [0.25, 0.3) is 5.69 Å². The molecule has 7 nitrogen and oxygen atoms in total. The molecule has 156 valence electrons. The number of nitrogens with one attached hydrogen (secondary N) is 1. The first-order chi connectivity index (χ1) is 14.5. The van der Waals surface area contributed by atoms with Crippen LogP contribution in [0.2, 0.25) is 0 Å². The number of carbonyl (C=O) groups is 1. The van der Waals surface area contributed by atoms with Crippen molar-refractivity contribution >= 4 is 15.7 Å². The zero-order chi connectivity index (χ0) is 21.0. The van der Waals surface area contributed by atoms with Crippen LogP contribution in [0.3, 0.4) is 0 Å². The van der Waals surface area contributed by atoms with Gasteiger partial charge in [-0.15, -0.1) is 0 Å². The molecule has 1 fully saturated rings. The van der Waals surface area contributed by atoms with E-state index < -0.39 is 20.5 Å². The molecule has 0 atom stereocenters. The summed E-state index contributed by atoms with van der Waals surface area (Å²) >= 11 is 0. The second-order valence-electron chi connectivity index (χ2n) is 7.19. The van der Waals surface area contributed by atoms with Crippen molar-refractivity contribution < 1.29 is 17.9 Å². The molecule has 30 heavy (non-hydrogen) atoms. The lowest BCUT2D eigenvalue weighted by atomic mass is 9.97. The second-order valence-corrected chi connectivity index (χ2v) is 9.44. The molecule has 3 aromatic rings. The third kappa shape index (κ3) is 3.64. The van der Waals surface area contributed by atoms with Crippen molar-refractivity contribution in [3.05, 3.63) is 78.6 Å². The molecule has 2 heterocycles. The molecular weight excluding hydrogens is 402 g/mol. The predicted octanol–water partition coefficient (Wildman–Crippen LogP) is 2.51. The van der Waals surface area contributed by atoms with E-state index in [-0.39, 0.29) is 37.5 Å². The van der Waals surface area contributed by atoms with Crippen LogP contribution in [0, 0.1) is 0 Å². The number of benzene rings is 2.